The lowest BCUT2D eigenvalue weighted by molar-refractivity contribution is 0.407. The maximum absolute atomic E-state index is 5.42. The van der Waals surface area contributed by atoms with Crippen LogP contribution in [0.4, 0.5) is 0 Å². The van der Waals surface area contributed by atoms with Gasteiger partial charge in [-0.15, -0.1) is 0 Å². The molecule has 0 amide bonds. The Balaban J connectivity index is 2.32. The molecule has 0 aromatic heterocycles. The molecule has 1 aromatic carbocycles. The Bertz CT molecular complexity index is 359. The second-order valence-electron chi connectivity index (χ2n) is 4.80. The first-order valence-electron chi connectivity index (χ1n) is 5.31. The van der Waals surface area contributed by atoms with Crippen LogP contribution in [0, 0.1) is 11.3 Å². The Morgan fingerprint density at radius 2 is 2.00 bits per heavy atom. The Kier molecular flexibility index (Phi) is 2.80. The van der Waals surface area contributed by atoms with E-state index in [1.54, 1.807) is 7.11 Å². The van der Waals surface area contributed by atoms with Crippen LogP contribution in [-0.4, -0.2) is 12.4 Å². The van der Waals surface area contributed by atoms with Crippen molar-refractivity contribution in [2.45, 2.75) is 19.8 Å². The van der Waals surface area contributed by atoms with E-state index in [-0.39, 0.29) is 0 Å². The predicted molar refractivity (Wildman–Crippen MR) is 66.8 cm³/mol. The van der Waals surface area contributed by atoms with E-state index >= 15 is 0 Å². The van der Waals surface area contributed by atoms with Crippen molar-refractivity contribution in [1.82, 2.24) is 0 Å². The van der Waals surface area contributed by atoms with Gasteiger partial charge in [-0.1, -0.05) is 48.0 Å². The molecule has 2 atom stereocenters. The van der Waals surface area contributed by atoms with Crippen LogP contribution in [0.2, 0.25) is 0 Å². The van der Waals surface area contributed by atoms with Crippen LogP contribution < -0.4 is 4.74 Å². The van der Waals surface area contributed by atoms with Gasteiger partial charge in [0.05, 0.1) is 7.11 Å². The molecule has 2 rings (SSSR count). The fourth-order valence-electron chi connectivity index (χ4n) is 2.57. The van der Waals surface area contributed by atoms with Gasteiger partial charge in [-0.25, -0.2) is 0 Å². The number of ether oxygens (including phenoxy) is 1. The summed E-state index contributed by atoms with van der Waals surface area (Å²) < 4.78 is 5.42. The highest BCUT2D eigenvalue weighted by molar-refractivity contribution is 9.09. The van der Waals surface area contributed by atoms with Gasteiger partial charge < -0.3 is 4.74 Å². The summed E-state index contributed by atoms with van der Waals surface area (Å²) >= 11 is 3.60. The van der Waals surface area contributed by atoms with Gasteiger partial charge in [-0.2, -0.15) is 0 Å². The average molecular weight is 269 g/mol. The third-order valence-electron chi connectivity index (χ3n) is 3.69. The molecule has 1 aliphatic rings. The number of benzene rings is 1. The molecule has 1 saturated carbocycles. The van der Waals surface area contributed by atoms with Crippen LogP contribution in [0.25, 0.3) is 0 Å². The summed E-state index contributed by atoms with van der Waals surface area (Å²) in [6.45, 7) is 4.66. The molecule has 1 aromatic rings. The molecule has 0 bridgehead atoms. The van der Waals surface area contributed by atoms with Gasteiger partial charge in [0.1, 0.15) is 5.75 Å². The van der Waals surface area contributed by atoms with Gasteiger partial charge in [0, 0.05) is 5.33 Å². The van der Waals surface area contributed by atoms with E-state index in [2.05, 4.69) is 48.0 Å². The predicted octanol–water partition coefficient (Wildman–Crippen LogP) is 3.83. The maximum Gasteiger partial charge on any atom is 0.122 e. The molecule has 0 radical (unpaired) electrons. The SMILES string of the molecule is COc1ccccc1C1C(CBr)C1(C)C. The number of hydrogen-bond acceptors (Lipinski definition) is 1. The normalized spacial score (nSPS) is 27.5. The van der Waals surface area contributed by atoms with Crippen molar-refractivity contribution in [2.75, 3.05) is 12.4 Å². The summed E-state index contributed by atoms with van der Waals surface area (Å²) in [5.41, 5.74) is 1.76. The van der Waals surface area contributed by atoms with Gasteiger partial charge in [-0.05, 0) is 28.9 Å². The lowest BCUT2D eigenvalue weighted by Crippen LogP contribution is -1.93. The van der Waals surface area contributed by atoms with Crippen LogP contribution in [0.15, 0.2) is 24.3 Å². The zero-order valence-corrected chi connectivity index (χ0v) is 11.0. The molecule has 2 unspecified atom stereocenters. The first-order valence-corrected chi connectivity index (χ1v) is 6.44. The minimum Gasteiger partial charge on any atom is -0.496 e. The minimum atomic E-state index is 0.401. The highest BCUT2D eigenvalue weighted by atomic mass is 79.9. The molecule has 82 valence electrons. The van der Waals surface area contributed by atoms with E-state index in [1.165, 1.54) is 5.56 Å². The zero-order valence-electron chi connectivity index (χ0n) is 9.46. The van der Waals surface area contributed by atoms with E-state index in [0.717, 1.165) is 17.0 Å². The molecule has 15 heavy (non-hydrogen) atoms. The Hall–Kier alpha value is -0.500. The molecular weight excluding hydrogens is 252 g/mol. The molecule has 2 heteroatoms. The minimum absolute atomic E-state index is 0.401. The van der Waals surface area contributed by atoms with Crippen molar-refractivity contribution in [3.05, 3.63) is 29.8 Å². The quantitative estimate of drug-likeness (QED) is 0.758. The van der Waals surface area contributed by atoms with Crippen molar-refractivity contribution in [3.8, 4) is 5.75 Å². The maximum atomic E-state index is 5.42. The average Bonchev–Trinajstić information content (AvgIpc) is 2.80. The van der Waals surface area contributed by atoms with Gasteiger partial charge in [0.2, 0.25) is 0 Å². The lowest BCUT2D eigenvalue weighted by Gasteiger charge is -2.08. The van der Waals surface area contributed by atoms with E-state index in [9.17, 15) is 0 Å². The molecule has 1 aliphatic carbocycles. The monoisotopic (exact) mass is 268 g/mol. The molecule has 1 fully saturated rings. The number of hydrogen-bond donors (Lipinski definition) is 0. The largest absolute Gasteiger partial charge is 0.496 e. The number of halogens is 1. The van der Waals surface area contributed by atoms with Crippen molar-refractivity contribution in [2.24, 2.45) is 11.3 Å². The fourth-order valence-corrected chi connectivity index (χ4v) is 3.78. The summed E-state index contributed by atoms with van der Waals surface area (Å²) in [5.74, 6) is 2.39. The molecule has 0 saturated heterocycles. The molecular formula is C13H17BrO. The summed E-state index contributed by atoms with van der Waals surface area (Å²) in [5, 5.41) is 1.07. The Labute approximate surface area is 100.0 Å². The third-order valence-corrected chi connectivity index (χ3v) is 4.39. The van der Waals surface area contributed by atoms with Crippen molar-refractivity contribution in [1.29, 1.82) is 0 Å². The van der Waals surface area contributed by atoms with Crippen molar-refractivity contribution < 1.29 is 4.74 Å². The van der Waals surface area contributed by atoms with Crippen LogP contribution in [0.5, 0.6) is 5.75 Å². The third kappa shape index (κ3) is 1.69. The first-order chi connectivity index (χ1) is 7.12. The fraction of sp³-hybridized carbons (Fsp3) is 0.538. The van der Waals surface area contributed by atoms with Gasteiger partial charge in [-0.3, -0.25) is 0 Å². The number of rotatable bonds is 3. The number of alkyl halides is 1. The van der Waals surface area contributed by atoms with Crippen LogP contribution >= 0.6 is 15.9 Å². The Morgan fingerprint density at radius 3 is 2.53 bits per heavy atom. The lowest BCUT2D eigenvalue weighted by atomic mass is 10.0. The van der Waals surface area contributed by atoms with Crippen LogP contribution in [0.3, 0.4) is 0 Å². The number of methoxy groups -OCH3 is 1. The van der Waals surface area contributed by atoms with Gasteiger partial charge in [0.15, 0.2) is 0 Å². The van der Waals surface area contributed by atoms with E-state index in [4.69, 9.17) is 4.74 Å². The topological polar surface area (TPSA) is 9.23 Å². The van der Waals surface area contributed by atoms with E-state index in [0.29, 0.717) is 11.3 Å². The van der Waals surface area contributed by atoms with E-state index < -0.39 is 0 Å². The van der Waals surface area contributed by atoms with Gasteiger partial charge in [0.25, 0.3) is 0 Å². The molecule has 0 aliphatic heterocycles. The summed E-state index contributed by atoms with van der Waals surface area (Å²) in [6, 6.07) is 8.36. The standard InChI is InChI=1S/C13H17BrO/c1-13(2)10(8-14)12(13)9-6-4-5-7-11(9)15-3/h4-7,10,12H,8H2,1-3H3. The Morgan fingerprint density at radius 1 is 1.33 bits per heavy atom. The van der Waals surface area contributed by atoms with E-state index in [1.807, 2.05) is 6.07 Å². The van der Waals surface area contributed by atoms with Crippen molar-refractivity contribution in [3.63, 3.8) is 0 Å². The highest BCUT2D eigenvalue weighted by Crippen LogP contribution is 2.66. The summed E-state index contributed by atoms with van der Waals surface area (Å²) in [6.07, 6.45) is 0. The molecule has 0 heterocycles. The molecule has 0 spiro atoms. The highest BCUT2D eigenvalue weighted by Gasteiger charge is 2.58. The second-order valence-corrected chi connectivity index (χ2v) is 5.45. The molecule has 0 N–H and O–H groups in total. The first kappa shape index (κ1) is 11.0. The number of para-hydroxylation sites is 1. The summed E-state index contributed by atoms with van der Waals surface area (Å²) in [4.78, 5) is 0. The molecule has 1 nitrogen and oxygen atoms in total. The zero-order chi connectivity index (χ0) is 11.1. The smallest absolute Gasteiger partial charge is 0.122 e. The van der Waals surface area contributed by atoms with Crippen LogP contribution in [-0.2, 0) is 0 Å². The second kappa shape index (κ2) is 3.82. The van der Waals surface area contributed by atoms with Crippen LogP contribution in [0.1, 0.15) is 25.3 Å². The summed E-state index contributed by atoms with van der Waals surface area (Å²) in [7, 11) is 1.75. The van der Waals surface area contributed by atoms with Gasteiger partial charge >= 0.3 is 0 Å². The van der Waals surface area contributed by atoms with Crippen molar-refractivity contribution >= 4 is 15.9 Å².